The minimum atomic E-state index is 0.185. The zero-order valence-corrected chi connectivity index (χ0v) is 22.8. The number of rotatable bonds is 13. The van der Waals surface area contributed by atoms with E-state index in [-0.39, 0.29) is 6.04 Å². The molecule has 0 saturated heterocycles. The van der Waals surface area contributed by atoms with Crippen LogP contribution in [0.4, 0.5) is 11.5 Å². The van der Waals surface area contributed by atoms with Gasteiger partial charge in [0.1, 0.15) is 5.82 Å². The lowest BCUT2D eigenvalue weighted by Crippen LogP contribution is -2.26. The predicted molar refractivity (Wildman–Crippen MR) is 156 cm³/mol. The number of nitrogen functional groups attached to an aromatic ring is 1. The summed E-state index contributed by atoms with van der Waals surface area (Å²) in [6.45, 7) is 9.74. The first-order valence-electron chi connectivity index (χ1n) is 13.0. The largest absolute Gasteiger partial charge is 0.481 e. The van der Waals surface area contributed by atoms with Gasteiger partial charge in [-0.2, -0.15) is 0 Å². The van der Waals surface area contributed by atoms with Crippen LogP contribution in [-0.2, 0) is 6.42 Å². The van der Waals surface area contributed by atoms with Crippen molar-refractivity contribution in [2.45, 2.75) is 46.6 Å². The predicted octanol–water partition coefficient (Wildman–Crippen LogP) is 6.16. The molecule has 0 radical (unpaired) electrons. The Bertz CT molecular complexity index is 1100. The second-order valence-corrected chi connectivity index (χ2v) is 8.76. The minimum Gasteiger partial charge on any atom is -0.481 e. The molecule has 2 heterocycles. The third kappa shape index (κ3) is 9.69. The maximum Gasteiger partial charge on any atom is 0.212 e. The molecule has 198 valence electrons. The monoisotopic (exact) mass is 502 g/mol. The second-order valence-electron chi connectivity index (χ2n) is 8.76. The fourth-order valence-corrected chi connectivity index (χ4v) is 3.85. The molecule has 0 aliphatic carbocycles. The van der Waals surface area contributed by atoms with Crippen LogP contribution < -0.4 is 21.1 Å². The van der Waals surface area contributed by atoms with E-state index in [9.17, 15) is 0 Å². The van der Waals surface area contributed by atoms with Crippen molar-refractivity contribution < 1.29 is 4.74 Å². The highest BCUT2D eigenvalue weighted by Crippen LogP contribution is 2.24. The molecule has 0 bridgehead atoms. The molecule has 1 atom stereocenters. The summed E-state index contributed by atoms with van der Waals surface area (Å²) in [4.78, 5) is 8.64. The highest BCUT2D eigenvalue weighted by Gasteiger charge is 2.12. The summed E-state index contributed by atoms with van der Waals surface area (Å²) in [6.07, 6.45) is 8.75. The number of nitrogens with two attached hydrogens (primary N) is 1. The van der Waals surface area contributed by atoms with E-state index in [1.165, 1.54) is 11.8 Å². The number of allylic oxidation sites excluding steroid dienone is 2. The van der Waals surface area contributed by atoms with Gasteiger partial charge in [-0.15, -0.1) is 0 Å². The van der Waals surface area contributed by atoms with Gasteiger partial charge < -0.3 is 26.5 Å². The second kappa shape index (κ2) is 16.1. The van der Waals surface area contributed by atoms with Gasteiger partial charge in [-0.1, -0.05) is 70.2 Å². The molecule has 7 nitrogen and oxygen atoms in total. The van der Waals surface area contributed by atoms with E-state index in [2.05, 4.69) is 64.8 Å². The number of pyridine rings is 2. The fourth-order valence-electron chi connectivity index (χ4n) is 3.85. The van der Waals surface area contributed by atoms with Crippen LogP contribution in [0.5, 0.6) is 5.88 Å². The average molecular weight is 503 g/mol. The first kappa shape index (κ1) is 29.5. The van der Waals surface area contributed by atoms with E-state index in [1.807, 2.05) is 44.3 Å². The fraction of sp³-hybridized carbons (Fsp3) is 0.367. The molecule has 7 heteroatoms. The number of methoxy groups -OCH3 is 1. The Morgan fingerprint density at radius 3 is 2.43 bits per heavy atom. The molecule has 3 aromatic rings. The maximum absolute atomic E-state index is 7.76. The Morgan fingerprint density at radius 1 is 1.05 bits per heavy atom. The normalized spacial score (nSPS) is 11.9. The summed E-state index contributed by atoms with van der Waals surface area (Å²) in [5, 5.41) is 14.9. The number of nitrogens with zero attached hydrogens (tertiary/aromatic N) is 2. The molecule has 0 saturated carbocycles. The molecule has 0 spiro atoms. The van der Waals surface area contributed by atoms with Gasteiger partial charge in [-0.3, -0.25) is 0 Å². The van der Waals surface area contributed by atoms with Crippen LogP contribution in [0, 0.1) is 11.3 Å². The molecule has 37 heavy (non-hydrogen) atoms. The molecule has 0 aliphatic heterocycles. The molecule has 0 fully saturated rings. The number of benzene rings is 1. The van der Waals surface area contributed by atoms with Gasteiger partial charge in [0.25, 0.3) is 0 Å². The van der Waals surface area contributed by atoms with Crippen molar-refractivity contribution in [3.63, 3.8) is 0 Å². The molecular weight excluding hydrogens is 460 g/mol. The van der Waals surface area contributed by atoms with Gasteiger partial charge in [0, 0.05) is 42.8 Å². The molecule has 0 amide bonds. The van der Waals surface area contributed by atoms with Gasteiger partial charge in [0.05, 0.1) is 12.8 Å². The van der Waals surface area contributed by atoms with Crippen LogP contribution in [0.15, 0.2) is 67.0 Å². The molecule has 3 rings (SSSR count). The molecule has 2 aromatic heterocycles. The van der Waals surface area contributed by atoms with Crippen molar-refractivity contribution in [3.05, 3.63) is 83.7 Å². The van der Waals surface area contributed by atoms with Crippen LogP contribution in [0.3, 0.4) is 0 Å². The Balaban J connectivity index is 0.00000235. The highest BCUT2D eigenvalue weighted by atomic mass is 16.5. The third-order valence-electron chi connectivity index (χ3n) is 5.68. The van der Waals surface area contributed by atoms with Crippen molar-refractivity contribution in [3.8, 4) is 5.88 Å². The zero-order valence-electron chi connectivity index (χ0n) is 22.8. The van der Waals surface area contributed by atoms with E-state index < -0.39 is 0 Å². The van der Waals surface area contributed by atoms with Crippen LogP contribution in [0.1, 0.15) is 56.8 Å². The van der Waals surface area contributed by atoms with Crippen molar-refractivity contribution in [2.24, 2.45) is 5.92 Å². The smallest absolute Gasteiger partial charge is 0.212 e. The van der Waals surface area contributed by atoms with E-state index >= 15 is 0 Å². The molecule has 1 unspecified atom stereocenters. The van der Waals surface area contributed by atoms with Crippen molar-refractivity contribution in [1.82, 2.24) is 15.3 Å². The molecule has 0 aliphatic rings. The summed E-state index contributed by atoms with van der Waals surface area (Å²) < 4.78 is 5.14. The summed E-state index contributed by atoms with van der Waals surface area (Å²) in [7, 11) is 1.62. The van der Waals surface area contributed by atoms with Crippen LogP contribution in [0.25, 0.3) is 5.57 Å². The summed E-state index contributed by atoms with van der Waals surface area (Å²) in [5.74, 6) is 1.42. The number of aromatic nitrogens is 2. The average Bonchev–Trinajstić information content (AvgIpc) is 2.93. The number of hydrogen-bond acceptors (Lipinski definition) is 7. The topological polar surface area (TPSA) is 109 Å². The van der Waals surface area contributed by atoms with E-state index in [0.29, 0.717) is 17.6 Å². The SMILES string of the molecule is CC.COc1ccc(CCNC(CCNc2cc(/C(C=N)=C/C(C)C)cnc2N)c2ccccc2)cn1. The Morgan fingerprint density at radius 2 is 1.81 bits per heavy atom. The summed E-state index contributed by atoms with van der Waals surface area (Å²) in [5.41, 5.74) is 11.1. The number of hydrogen-bond donors (Lipinski definition) is 4. The lowest BCUT2D eigenvalue weighted by atomic mass is 10.0. The van der Waals surface area contributed by atoms with Crippen LogP contribution in [0.2, 0.25) is 0 Å². The Hall–Kier alpha value is -3.71. The first-order chi connectivity index (χ1) is 18.0. The van der Waals surface area contributed by atoms with E-state index in [0.717, 1.165) is 48.3 Å². The van der Waals surface area contributed by atoms with E-state index in [4.69, 9.17) is 15.9 Å². The minimum absolute atomic E-state index is 0.185. The molecule has 1 aromatic carbocycles. The number of anilines is 2. The highest BCUT2D eigenvalue weighted by molar-refractivity contribution is 6.08. The summed E-state index contributed by atoms with van der Waals surface area (Å²) >= 11 is 0. The first-order valence-corrected chi connectivity index (χ1v) is 13.0. The van der Waals surface area contributed by atoms with Gasteiger partial charge in [-0.25, -0.2) is 9.97 Å². The Kier molecular flexibility index (Phi) is 12.9. The van der Waals surface area contributed by atoms with Gasteiger partial charge in [0.2, 0.25) is 5.88 Å². The lowest BCUT2D eigenvalue weighted by molar-refractivity contribution is 0.397. The van der Waals surface area contributed by atoms with Crippen LogP contribution in [-0.4, -0.2) is 36.4 Å². The quantitative estimate of drug-likeness (QED) is 0.209. The van der Waals surface area contributed by atoms with E-state index in [1.54, 1.807) is 13.3 Å². The maximum atomic E-state index is 7.76. The zero-order chi connectivity index (χ0) is 27.0. The molecule has 5 N–H and O–H groups in total. The molecular formula is C30H42N6O. The number of ether oxygens (including phenoxy) is 1. The van der Waals surface area contributed by atoms with Crippen LogP contribution >= 0.6 is 0 Å². The van der Waals surface area contributed by atoms with Gasteiger partial charge >= 0.3 is 0 Å². The number of nitrogens with one attached hydrogen (secondary N) is 3. The Labute approximate surface area is 222 Å². The third-order valence-corrected chi connectivity index (χ3v) is 5.68. The standard InChI is InChI=1S/C28H36N6O.C2H6/c1-20(2)15-23(17-29)24-16-26(28(30)34-19-24)32-14-12-25(22-7-5-4-6-8-22)31-13-11-21-9-10-27(35-3)33-18-21;1-2/h4-10,15-20,25,29,31-32H,11-14H2,1-3H3,(H2,30,34);1-2H3/b23-15+,29-17?;. The summed E-state index contributed by atoms with van der Waals surface area (Å²) in [6, 6.07) is 16.6. The van der Waals surface area contributed by atoms with Gasteiger partial charge in [-0.05, 0) is 48.1 Å². The van der Waals surface area contributed by atoms with Crippen molar-refractivity contribution in [2.75, 3.05) is 31.2 Å². The van der Waals surface area contributed by atoms with Crippen molar-refractivity contribution in [1.29, 1.82) is 5.41 Å². The lowest BCUT2D eigenvalue weighted by Gasteiger charge is -2.20. The van der Waals surface area contributed by atoms with Crippen molar-refractivity contribution >= 4 is 23.3 Å². The van der Waals surface area contributed by atoms with Gasteiger partial charge in [0.15, 0.2) is 0 Å².